The highest BCUT2D eigenvalue weighted by Crippen LogP contribution is 2.35. The fraction of sp³-hybridized carbons (Fsp3) is 0.190. The number of carbonyl (C=O) groups excluding carboxylic acids is 2. The van der Waals surface area contributed by atoms with Gasteiger partial charge in [-0.25, -0.2) is 0 Å². The number of nitrogens with zero attached hydrogens (tertiary/aromatic N) is 1. The van der Waals surface area contributed by atoms with Gasteiger partial charge in [-0.1, -0.05) is 60.4 Å². The van der Waals surface area contributed by atoms with E-state index in [1.165, 1.54) is 11.8 Å². The number of ether oxygens (including phenoxy) is 2. The van der Waals surface area contributed by atoms with Crippen LogP contribution in [0, 0.1) is 0 Å². The minimum Gasteiger partial charge on any atom is -0.490 e. The van der Waals surface area contributed by atoms with Crippen molar-refractivity contribution in [2.45, 2.75) is 13.5 Å². The zero-order valence-electron chi connectivity index (χ0n) is 15.8. The van der Waals surface area contributed by atoms with Crippen LogP contribution >= 0.6 is 24.0 Å². The molecular formula is C21H20N2O4S2. The fourth-order valence-electron chi connectivity index (χ4n) is 2.70. The number of nitrogens with two attached hydrogens (primary N) is 1. The van der Waals surface area contributed by atoms with Gasteiger partial charge in [-0.3, -0.25) is 14.5 Å². The number of carbonyl (C=O) groups is 2. The van der Waals surface area contributed by atoms with Gasteiger partial charge in [0.1, 0.15) is 4.32 Å². The molecule has 29 heavy (non-hydrogen) atoms. The van der Waals surface area contributed by atoms with E-state index in [0.29, 0.717) is 33.9 Å². The zero-order valence-corrected chi connectivity index (χ0v) is 17.4. The third-order valence-corrected chi connectivity index (χ3v) is 5.37. The predicted octanol–water partition coefficient (Wildman–Crippen LogP) is 3.35. The molecule has 0 bridgehead atoms. The molecule has 1 aliphatic rings. The van der Waals surface area contributed by atoms with Gasteiger partial charge < -0.3 is 15.2 Å². The average molecular weight is 429 g/mol. The second kappa shape index (κ2) is 9.58. The number of thiocarbonyl (C=S) groups is 1. The Morgan fingerprint density at radius 3 is 2.62 bits per heavy atom. The van der Waals surface area contributed by atoms with Crippen molar-refractivity contribution in [3.8, 4) is 11.5 Å². The second-order valence-electron chi connectivity index (χ2n) is 6.15. The van der Waals surface area contributed by atoms with Crippen LogP contribution in [0.4, 0.5) is 0 Å². The molecule has 0 aliphatic carbocycles. The molecule has 1 aliphatic heterocycles. The molecule has 6 nitrogen and oxygen atoms in total. The van der Waals surface area contributed by atoms with Gasteiger partial charge in [-0.05, 0) is 36.3 Å². The van der Waals surface area contributed by atoms with E-state index in [2.05, 4.69) is 0 Å². The summed E-state index contributed by atoms with van der Waals surface area (Å²) < 4.78 is 11.5. The summed E-state index contributed by atoms with van der Waals surface area (Å²) in [7, 11) is 0. The number of amides is 2. The quantitative estimate of drug-likeness (QED) is 0.513. The highest BCUT2D eigenvalue weighted by molar-refractivity contribution is 8.26. The largest absolute Gasteiger partial charge is 0.490 e. The van der Waals surface area contributed by atoms with Crippen molar-refractivity contribution >= 4 is 46.2 Å². The molecular weight excluding hydrogens is 408 g/mol. The summed E-state index contributed by atoms with van der Waals surface area (Å²) in [5.41, 5.74) is 6.91. The van der Waals surface area contributed by atoms with Gasteiger partial charge >= 0.3 is 0 Å². The Balaban J connectivity index is 1.80. The summed E-state index contributed by atoms with van der Waals surface area (Å²) in [6.07, 6.45) is 1.77. The molecule has 0 unspecified atom stereocenters. The van der Waals surface area contributed by atoms with Crippen molar-refractivity contribution in [3.05, 3.63) is 64.6 Å². The Labute approximate surface area is 178 Å². The molecule has 0 spiro atoms. The van der Waals surface area contributed by atoms with E-state index in [-0.39, 0.29) is 12.5 Å². The van der Waals surface area contributed by atoms with E-state index in [4.69, 9.17) is 27.4 Å². The first-order valence-corrected chi connectivity index (χ1v) is 10.2. The van der Waals surface area contributed by atoms with Crippen molar-refractivity contribution in [1.29, 1.82) is 0 Å². The minimum atomic E-state index is -0.571. The summed E-state index contributed by atoms with van der Waals surface area (Å²) in [5.74, 6) is 0.191. The number of rotatable bonds is 8. The number of benzene rings is 2. The van der Waals surface area contributed by atoms with E-state index >= 15 is 0 Å². The Hall–Kier alpha value is -2.84. The molecule has 2 aromatic carbocycles. The Kier molecular flexibility index (Phi) is 6.90. The predicted molar refractivity (Wildman–Crippen MR) is 117 cm³/mol. The molecule has 150 valence electrons. The van der Waals surface area contributed by atoms with Crippen LogP contribution in [0.5, 0.6) is 11.5 Å². The van der Waals surface area contributed by atoms with Crippen LogP contribution in [0.25, 0.3) is 6.08 Å². The summed E-state index contributed by atoms with van der Waals surface area (Å²) in [5, 5.41) is 0. The Morgan fingerprint density at radius 1 is 1.17 bits per heavy atom. The molecule has 0 atom stereocenters. The normalized spacial score (nSPS) is 15.1. The lowest BCUT2D eigenvalue weighted by Crippen LogP contribution is -2.27. The lowest BCUT2D eigenvalue weighted by atomic mass is 10.1. The molecule has 0 saturated carbocycles. The van der Waals surface area contributed by atoms with Gasteiger partial charge in [0.05, 0.1) is 18.1 Å². The smallest absolute Gasteiger partial charge is 0.266 e. The van der Waals surface area contributed by atoms with Crippen molar-refractivity contribution in [1.82, 2.24) is 4.90 Å². The molecule has 1 fully saturated rings. The third kappa shape index (κ3) is 5.36. The maximum absolute atomic E-state index is 12.8. The van der Waals surface area contributed by atoms with Crippen LogP contribution in [0.15, 0.2) is 53.4 Å². The average Bonchev–Trinajstić information content (AvgIpc) is 2.96. The van der Waals surface area contributed by atoms with E-state index in [0.717, 1.165) is 11.1 Å². The lowest BCUT2D eigenvalue weighted by molar-refractivity contribution is -0.122. The summed E-state index contributed by atoms with van der Waals surface area (Å²) in [6, 6.07) is 14.9. The highest BCUT2D eigenvalue weighted by Gasteiger charge is 2.32. The fourth-order valence-corrected chi connectivity index (χ4v) is 3.96. The summed E-state index contributed by atoms with van der Waals surface area (Å²) >= 11 is 6.66. The van der Waals surface area contributed by atoms with Crippen LogP contribution in [0.2, 0.25) is 0 Å². The van der Waals surface area contributed by atoms with Crippen molar-refractivity contribution in [3.63, 3.8) is 0 Å². The van der Waals surface area contributed by atoms with Crippen molar-refractivity contribution in [2.75, 3.05) is 13.2 Å². The molecule has 2 aromatic rings. The third-order valence-electron chi connectivity index (χ3n) is 3.99. The van der Waals surface area contributed by atoms with E-state index in [9.17, 15) is 9.59 Å². The van der Waals surface area contributed by atoms with Gasteiger partial charge in [0, 0.05) is 0 Å². The first kappa shape index (κ1) is 20.9. The van der Waals surface area contributed by atoms with Gasteiger partial charge in [-0.15, -0.1) is 0 Å². The van der Waals surface area contributed by atoms with Crippen molar-refractivity contribution in [2.24, 2.45) is 5.73 Å². The molecule has 0 aromatic heterocycles. The summed E-state index contributed by atoms with van der Waals surface area (Å²) in [6.45, 7) is 2.47. The molecule has 2 amide bonds. The summed E-state index contributed by atoms with van der Waals surface area (Å²) in [4.78, 5) is 25.9. The maximum Gasteiger partial charge on any atom is 0.266 e. The van der Waals surface area contributed by atoms with E-state index in [1.807, 2.05) is 37.3 Å². The number of hydrogen-bond acceptors (Lipinski definition) is 6. The van der Waals surface area contributed by atoms with Crippen LogP contribution in [0.3, 0.4) is 0 Å². The first-order chi connectivity index (χ1) is 14.0. The molecule has 0 radical (unpaired) electrons. The second-order valence-corrected chi connectivity index (χ2v) is 7.82. The first-order valence-electron chi connectivity index (χ1n) is 8.95. The molecule has 2 N–H and O–H groups in total. The zero-order chi connectivity index (χ0) is 20.8. The van der Waals surface area contributed by atoms with Crippen LogP contribution in [-0.4, -0.2) is 34.2 Å². The van der Waals surface area contributed by atoms with E-state index < -0.39 is 5.91 Å². The SMILES string of the molecule is CCOc1cc(/C=C2/SC(=S)N(Cc3ccccc3)C2=O)ccc1OCC(N)=O. The van der Waals surface area contributed by atoms with Gasteiger partial charge in [0.2, 0.25) is 0 Å². The number of primary amides is 1. The maximum atomic E-state index is 12.8. The monoisotopic (exact) mass is 428 g/mol. The molecule has 8 heteroatoms. The number of hydrogen-bond donors (Lipinski definition) is 1. The Morgan fingerprint density at radius 2 is 1.93 bits per heavy atom. The topological polar surface area (TPSA) is 81.9 Å². The van der Waals surface area contributed by atoms with E-state index in [1.54, 1.807) is 29.2 Å². The van der Waals surface area contributed by atoms with Gasteiger partial charge in [0.25, 0.3) is 11.8 Å². The standard InChI is InChI=1S/C21H20N2O4S2/c1-2-26-17-10-15(8-9-16(17)27-13-19(22)24)11-18-20(25)23(21(28)29-18)12-14-6-4-3-5-7-14/h3-11H,2,12-13H2,1H3,(H2,22,24)/b18-11+. The van der Waals surface area contributed by atoms with Gasteiger partial charge in [0.15, 0.2) is 18.1 Å². The molecule has 1 heterocycles. The minimum absolute atomic E-state index is 0.129. The van der Waals surface area contributed by atoms with Crippen LogP contribution < -0.4 is 15.2 Å². The number of thioether (sulfide) groups is 1. The lowest BCUT2D eigenvalue weighted by Gasteiger charge is -2.14. The molecule has 1 saturated heterocycles. The molecule has 3 rings (SSSR count). The van der Waals surface area contributed by atoms with Crippen molar-refractivity contribution < 1.29 is 19.1 Å². The van der Waals surface area contributed by atoms with Crippen LogP contribution in [0.1, 0.15) is 18.1 Å². The van der Waals surface area contributed by atoms with Gasteiger partial charge in [-0.2, -0.15) is 0 Å². The highest BCUT2D eigenvalue weighted by atomic mass is 32.2. The Bertz CT molecular complexity index is 960. The van der Waals surface area contributed by atoms with Crippen LogP contribution in [-0.2, 0) is 16.1 Å².